The van der Waals surface area contributed by atoms with E-state index in [9.17, 15) is 4.79 Å². The second-order valence-electron chi connectivity index (χ2n) is 5.32. The van der Waals surface area contributed by atoms with Gasteiger partial charge >= 0.3 is 0 Å². The van der Waals surface area contributed by atoms with E-state index in [4.69, 9.17) is 13.9 Å². The van der Waals surface area contributed by atoms with Crippen LogP contribution in [-0.2, 0) is 4.74 Å². The summed E-state index contributed by atoms with van der Waals surface area (Å²) in [5.74, 6) is 1.68. The zero-order valence-electron chi connectivity index (χ0n) is 13.7. The summed E-state index contributed by atoms with van der Waals surface area (Å²) in [4.78, 5) is 14.2. The maximum absolute atomic E-state index is 12.1. The topological polar surface area (TPSA) is 76.3 Å². The summed E-state index contributed by atoms with van der Waals surface area (Å²) in [5, 5.41) is 3.95. The van der Waals surface area contributed by atoms with Gasteiger partial charge in [0.05, 0.1) is 30.1 Å². The Kier molecular flexibility index (Phi) is 5.92. The number of amides is 1. The van der Waals surface area contributed by atoms with Crippen molar-refractivity contribution in [2.24, 2.45) is 5.10 Å². The third-order valence-corrected chi connectivity index (χ3v) is 4.60. The predicted octanol–water partition coefficient (Wildman–Crippen LogP) is 2.49. The lowest BCUT2D eigenvalue weighted by atomic mass is 10.2. The van der Waals surface area contributed by atoms with Gasteiger partial charge in [-0.05, 0) is 46.9 Å². The Labute approximate surface area is 159 Å². The van der Waals surface area contributed by atoms with E-state index < -0.39 is 0 Å². The predicted molar refractivity (Wildman–Crippen MR) is 103 cm³/mol. The molecule has 1 aromatic heterocycles. The van der Waals surface area contributed by atoms with Crippen LogP contribution in [0.4, 0.5) is 5.88 Å². The van der Waals surface area contributed by atoms with Crippen LogP contribution in [0.15, 0.2) is 39.9 Å². The minimum Gasteiger partial charge on any atom is -0.496 e. The fourth-order valence-electron chi connectivity index (χ4n) is 2.39. The molecule has 0 spiro atoms. The van der Waals surface area contributed by atoms with Crippen LogP contribution in [-0.4, -0.2) is 45.5 Å². The quantitative estimate of drug-likeness (QED) is 0.426. The highest BCUT2D eigenvalue weighted by Gasteiger charge is 2.14. The third-order valence-electron chi connectivity index (χ3n) is 3.71. The summed E-state index contributed by atoms with van der Waals surface area (Å²) >= 11 is 2.15. The van der Waals surface area contributed by atoms with E-state index in [1.165, 1.54) is 6.21 Å². The first-order valence-corrected chi connectivity index (χ1v) is 8.85. The number of rotatable bonds is 5. The molecule has 0 atom stereocenters. The maximum Gasteiger partial charge on any atom is 0.271 e. The lowest BCUT2D eigenvalue weighted by Crippen LogP contribution is -2.35. The smallest absolute Gasteiger partial charge is 0.271 e. The van der Waals surface area contributed by atoms with Crippen molar-refractivity contribution in [3.05, 3.63) is 45.2 Å². The molecule has 7 nitrogen and oxygen atoms in total. The molecule has 0 saturated carbocycles. The monoisotopic (exact) mass is 455 g/mol. The molecule has 8 heteroatoms. The number of carbonyl (C=O) groups is 1. The van der Waals surface area contributed by atoms with Gasteiger partial charge < -0.3 is 18.8 Å². The minimum absolute atomic E-state index is 0.314. The number of benzene rings is 1. The SMILES string of the molecule is COc1cc(C(=O)N/N=C\c2ccc(N3CCOCC3)o2)ccc1I. The number of hydrazone groups is 1. The molecule has 1 aliphatic heterocycles. The van der Waals surface area contributed by atoms with Crippen LogP contribution in [0.1, 0.15) is 16.1 Å². The lowest BCUT2D eigenvalue weighted by molar-refractivity contribution is 0.0954. The maximum atomic E-state index is 12.1. The number of hydrogen-bond donors (Lipinski definition) is 1. The van der Waals surface area contributed by atoms with Crippen LogP contribution >= 0.6 is 22.6 Å². The molecule has 3 rings (SSSR count). The number of nitrogens with zero attached hydrogens (tertiary/aromatic N) is 2. The van der Waals surface area contributed by atoms with Crippen molar-refractivity contribution < 1.29 is 18.7 Å². The van der Waals surface area contributed by atoms with Crippen molar-refractivity contribution in [2.75, 3.05) is 38.3 Å². The molecular formula is C17H18IN3O4. The highest BCUT2D eigenvalue weighted by Crippen LogP contribution is 2.22. The number of anilines is 1. The lowest BCUT2D eigenvalue weighted by Gasteiger charge is -2.26. The highest BCUT2D eigenvalue weighted by atomic mass is 127. The fraction of sp³-hybridized carbons (Fsp3) is 0.294. The summed E-state index contributed by atoms with van der Waals surface area (Å²) in [7, 11) is 1.57. The zero-order chi connectivity index (χ0) is 17.6. The fourth-order valence-corrected chi connectivity index (χ4v) is 2.94. The zero-order valence-corrected chi connectivity index (χ0v) is 15.9. The van der Waals surface area contributed by atoms with Crippen molar-refractivity contribution in [2.45, 2.75) is 0 Å². The number of methoxy groups -OCH3 is 1. The van der Waals surface area contributed by atoms with Crippen molar-refractivity contribution in [3.8, 4) is 5.75 Å². The molecule has 1 N–H and O–H groups in total. The molecule has 1 fully saturated rings. The van der Waals surface area contributed by atoms with Gasteiger partial charge in [0.1, 0.15) is 11.5 Å². The van der Waals surface area contributed by atoms with Gasteiger partial charge in [0.25, 0.3) is 5.91 Å². The molecule has 0 radical (unpaired) electrons. The van der Waals surface area contributed by atoms with Gasteiger partial charge in [-0.3, -0.25) is 4.79 Å². The molecule has 1 amide bonds. The summed E-state index contributed by atoms with van der Waals surface area (Å²) in [5.41, 5.74) is 2.96. The first-order chi connectivity index (χ1) is 12.2. The Morgan fingerprint density at radius 1 is 1.32 bits per heavy atom. The molecule has 1 saturated heterocycles. The number of carbonyl (C=O) groups excluding carboxylic acids is 1. The van der Waals surface area contributed by atoms with Crippen LogP contribution < -0.4 is 15.1 Å². The Morgan fingerprint density at radius 3 is 2.88 bits per heavy atom. The van der Waals surface area contributed by atoms with Crippen LogP contribution in [0, 0.1) is 3.57 Å². The van der Waals surface area contributed by atoms with E-state index in [1.54, 1.807) is 19.2 Å². The van der Waals surface area contributed by atoms with E-state index in [1.807, 2.05) is 18.2 Å². The van der Waals surface area contributed by atoms with E-state index in [0.717, 1.165) is 22.5 Å². The van der Waals surface area contributed by atoms with E-state index in [2.05, 4.69) is 38.0 Å². The first-order valence-electron chi connectivity index (χ1n) is 7.77. The molecule has 2 aromatic rings. The second kappa shape index (κ2) is 8.34. The first kappa shape index (κ1) is 17.7. The summed E-state index contributed by atoms with van der Waals surface area (Å²) in [6.07, 6.45) is 1.48. The van der Waals surface area contributed by atoms with Crippen molar-refractivity contribution in [1.82, 2.24) is 5.43 Å². The molecule has 0 aliphatic carbocycles. The number of ether oxygens (including phenoxy) is 2. The van der Waals surface area contributed by atoms with Crippen LogP contribution in [0.25, 0.3) is 0 Å². The van der Waals surface area contributed by atoms with Crippen LogP contribution in [0.3, 0.4) is 0 Å². The molecule has 25 heavy (non-hydrogen) atoms. The van der Waals surface area contributed by atoms with E-state index >= 15 is 0 Å². The van der Waals surface area contributed by atoms with E-state index in [-0.39, 0.29) is 5.91 Å². The number of hydrogen-bond acceptors (Lipinski definition) is 6. The van der Waals surface area contributed by atoms with Crippen LogP contribution in [0.5, 0.6) is 5.75 Å². The van der Waals surface area contributed by atoms with Crippen molar-refractivity contribution in [1.29, 1.82) is 0 Å². The Morgan fingerprint density at radius 2 is 2.12 bits per heavy atom. The number of halogens is 1. The van der Waals surface area contributed by atoms with Crippen LogP contribution in [0.2, 0.25) is 0 Å². The number of morpholine rings is 1. The molecular weight excluding hydrogens is 437 g/mol. The normalized spacial score (nSPS) is 14.7. The van der Waals surface area contributed by atoms with Gasteiger partial charge in [0.15, 0.2) is 5.88 Å². The minimum atomic E-state index is -0.314. The largest absolute Gasteiger partial charge is 0.496 e. The van der Waals surface area contributed by atoms with E-state index in [0.29, 0.717) is 30.3 Å². The van der Waals surface area contributed by atoms with Crippen molar-refractivity contribution >= 4 is 40.6 Å². The number of furan rings is 1. The average molecular weight is 455 g/mol. The second-order valence-corrected chi connectivity index (χ2v) is 6.49. The molecule has 1 aliphatic rings. The highest BCUT2D eigenvalue weighted by molar-refractivity contribution is 14.1. The molecule has 0 unspecified atom stereocenters. The van der Waals surface area contributed by atoms with Gasteiger partial charge in [0.2, 0.25) is 0 Å². The summed E-state index contributed by atoms with van der Waals surface area (Å²) in [6.45, 7) is 2.99. The molecule has 2 heterocycles. The average Bonchev–Trinajstić information content (AvgIpc) is 3.11. The Hall–Kier alpha value is -2.07. The van der Waals surface area contributed by atoms with Gasteiger partial charge in [0, 0.05) is 24.7 Å². The third kappa shape index (κ3) is 4.51. The van der Waals surface area contributed by atoms with Crippen molar-refractivity contribution in [3.63, 3.8) is 0 Å². The van der Waals surface area contributed by atoms with Gasteiger partial charge in [-0.2, -0.15) is 5.10 Å². The summed E-state index contributed by atoms with van der Waals surface area (Å²) < 4.78 is 17.2. The van der Waals surface area contributed by atoms with Gasteiger partial charge in [-0.15, -0.1) is 0 Å². The van der Waals surface area contributed by atoms with Gasteiger partial charge in [-0.25, -0.2) is 5.43 Å². The standard InChI is InChI=1S/C17H18IN3O4/c1-23-15-10-12(2-4-14(15)18)17(22)20-19-11-13-3-5-16(25-13)21-6-8-24-9-7-21/h2-5,10-11H,6-9H2,1H3,(H,20,22)/b19-11-. The Balaban J connectivity index is 1.59. The molecule has 0 bridgehead atoms. The number of nitrogens with one attached hydrogen (secondary N) is 1. The molecule has 132 valence electrons. The van der Waals surface area contributed by atoms with Gasteiger partial charge in [-0.1, -0.05) is 0 Å². The molecule has 1 aromatic carbocycles. The Bertz CT molecular complexity index is 769. The summed E-state index contributed by atoms with van der Waals surface area (Å²) in [6, 6.07) is 8.92.